The monoisotopic (exact) mass is 537 g/mol. The van der Waals surface area contributed by atoms with E-state index in [0.717, 1.165) is 23.3 Å². The first kappa shape index (κ1) is 27.9. The summed E-state index contributed by atoms with van der Waals surface area (Å²) in [7, 11) is 0. The van der Waals surface area contributed by atoms with Crippen LogP contribution in [0.3, 0.4) is 0 Å². The molecule has 0 aromatic heterocycles. The topological polar surface area (TPSA) is 60.9 Å². The fraction of sp³-hybridized carbons (Fsp3) is 0.300. The first-order valence-corrected chi connectivity index (χ1v) is 12.7. The molecule has 0 spiro atoms. The quantitative estimate of drug-likeness (QED) is 0.440. The number of anilines is 1. The number of piperazine rings is 1. The molecule has 6 nitrogen and oxygen atoms in total. The van der Waals surface area contributed by atoms with E-state index in [2.05, 4.69) is 0 Å². The van der Waals surface area contributed by atoms with Gasteiger partial charge in [-0.05, 0) is 53.9 Å². The summed E-state index contributed by atoms with van der Waals surface area (Å²) < 4.78 is 39.1. The van der Waals surface area contributed by atoms with Crippen LogP contribution in [0, 0.1) is 6.92 Å². The predicted molar refractivity (Wildman–Crippen MR) is 142 cm³/mol. The highest BCUT2D eigenvalue weighted by atomic mass is 19.4. The van der Waals surface area contributed by atoms with Crippen molar-refractivity contribution in [1.29, 1.82) is 0 Å². The van der Waals surface area contributed by atoms with Gasteiger partial charge in [-0.25, -0.2) is 0 Å². The van der Waals surface area contributed by atoms with Crippen molar-refractivity contribution in [3.63, 3.8) is 0 Å². The highest BCUT2D eigenvalue weighted by molar-refractivity contribution is 6.07. The lowest BCUT2D eigenvalue weighted by atomic mass is 10.0. The van der Waals surface area contributed by atoms with Crippen LogP contribution in [-0.4, -0.2) is 53.7 Å². The van der Waals surface area contributed by atoms with E-state index < -0.39 is 11.7 Å². The molecule has 1 saturated heterocycles. The molecule has 0 radical (unpaired) electrons. The highest BCUT2D eigenvalue weighted by Crippen LogP contribution is 2.30. The number of nitrogens with zero attached hydrogens (tertiary/aromatic N) is 3. The van der Waals surface area contributed by atoms with Crippen molar-refractivity contribution in [3.05, 3.63) is 101 Å². The number of halogens is 3. The van der Waals surface area contributed by atoms with E-state index in [0.29, 0.717) is 43.0 Å². The number of carbonyl (C=O) groups excluding carboxylic acids is 3. The van der Waals surface area contributed by atoms with Crippen LogP contribution in [0.5, 0.6) is 0 Å². The fourth-order valence-corrected chi connectivity index (χ4v) is 4.57. The molecule has 1 heterocycles. The lowest BCUT2D eigenvalue weighted by Gasteiger charge is -2.34. The van der Waals surface area contributed by atoms with Gasteiger partial charge in [-0.3, -0.25) is 14.4 Å². The Morgan fingerprint density at radius 1 is 0.795 bits per heavy atom. The van der Waals surface area contributed by atoms with Crippen molar-refractivity contribution in [2.24, 2.45) is 0 Å². The van der Waals surface area contributed by atoms with Gasteiger partial charge in [-0.1, -0.05) is 42.5 Å². The van der Waals surface area contributed by atoms with E-state index in [1.807, 2.05) is 19.1 Å². The maximum absolute atomic E-state index is 13.6. The van der Waals surface area contributed by atoms with Crippen LogP contribution in [0.2, 0.25) is 0 Å². The molecule has 39 heavy (non-hydrogen) atoms. The lowest BCUT2D eigenvalue weighted by molar-refractivity contribution is -0.138. The summed E-state index contributed by atoms with van der Waals surface area (Å²) in [6, 6.07) is 19.0. The van der Waals surface area contributed by atoms with Gasteiger partial charge in [-0.2, -0.15) is 13.2 Å². The Morgan fingerprint density at radius 3 is 1.92 bits per heavy atom. The number of hydrogen-bond acceptors (Lipinski definition) is 3. The van der Waals surface area contributed by atoms with Gasteiger partial charge in [0.25, 0.3) is 5.91 Å². The standard InChI is InChI=1S/C30H30F3N3O3/c1-21-5-3-4-6-27(21)29(39)36(20-24-7-11-25(12-8-24)30(31,32)33)26-13-9-23(10-14-26)19-28(38)35-17-15-34(16-18-35)22(2)37/h3-14H,15-20H2,1-2H3. The average Bonchev–Trinajstić information content (AvgIpc) is 2.92. The second kappa shape index (κ2) is 11.7. The van der Waals surface area contributed by atoms with Crippen molar-refractivity contribution in [2.75, 3.05) is 31.1 Å². The van der Waals surface area contributed by atoms with Crippen LogP contribution in [0.25, 0.3) is 0 Å². The molecule has 0 unspecified atom stereocenters. The molecule has 1 fully saturated rings. The largest absolute Gasteiger partial charge is 0.416 e. The zero-order valence-corrected chi connectivity index (χ0v) is 21.9. The molecule has 3 aromatic rings. The minimum absolute atomic E-state index is 0.00113. The molecule has 1 aliphatic heterocycles. The van der Waals surface area contributed by atoms with E-state index in [1.54, 1.807) is 46.2 Å². The Kier molecular flexibility index (Phi) is 8.38. The number of aryl methyl sites for hydroxylation is 1. The summed E-state index contributed by atoms with van der Waals surface area (Å²) in [4.78, 5) is 42.9. The molecule has 204 valence electrons. The van der Waals surface area contributed by atoms with Gasteiger partial charge in [0.05, 0.1) is 18.5 Å². The van der Waals surface area contributed by atoms with Gasteiger partial charge in [0, 0.05) is 44.4 Å². The Balaban J connectivity index is 1.52. The van der Waals surface area contributed by atoms with Crippen LogP contribution >= 0.6 is 0 Å². The van der Waals surface area contributed by atoms with Crippen LogP contribution in [-0.2, 0) is 28.7 Å². The van der Waals surface area contributed by atoms with Gasteiger partial charge in [0.1, 0.15) is 0 Å². The molecule has 3 amide bonds. The van der Waals surface area contributed by atoms with Crippen molar-refractivity contribution in [1.82, 2.24) is 9.80 Å². The van der Waals surface area contributed by atoms with Crippen LogP contribution < -0.4 is 4.90 Å². The van der Waals surface area contributed by atoms with Crippen molar-refractivity contribution in [2.45, 2.75) is 33.0 Å². The first-order valence-electron chi connectivity index (χ1n) is 12.7. The van der Waals surface area contributed by atoms with Crippen LogP contribution in [0.4, 0.5) is 18.9 Å². The third-order valence-corrected chi connectivity index (χ3v) is 6.92. The molecule has 0 bridgehead atoms. The van der Waals surface area contributed by atoms with Crippen LogP contribution in [0.15, 0.2) is 72.8 Å². The smallest absolute Gasteiger partial charge is 0.339 e. The van der Waals surface area contributed by atoms with E-state index >= 15 is 0 Å². The molecule has 0 aliphatic carbocycles. The Bertz CT molecular complexity index is 1330. The zero-order valence-electron chi connectivity index (χ0n) is 21.9. The number of rotatable bonds is 6. The number of benzene rings is 3. The van der Waals surface area contributed by atoms with Crippen molar-refractivity contribution >= 4 is 23.4 Å². The van der Waals surface area contributed by atoms with E-state index in [4.69, 9.17) is 0 Å². The average molecular weight is 538 g/mol. The van der Waals surface area contributed by atoms with E-state index in [9.17, 15) is 27.6 Å². The molecule has 0 N–H and O–H groups in total. The Labute approximate surface area is 225 Å². The molecule has 0 saturated carbocycles. The molecule has 3 aromatic carbocycles. The van der Waals surface area contributed by atoms with Gasteiger partial charge < -0.3 is 14.7 Å². The lowest BCUT2D eigenvalue weighted by Crippen LogP contribution is -2.50. The normalized spacial score (nSPS) is 13.8. The fourth-order valence-electron chi connectivity index (χ4n) is 4.57. The number of amides is 3. The molecular weight excluding hydrogens is 507 g/mol. The second-order valence-corrected chi connectivity index (χ2v) is 9.63. The summed E-state index contributed by atoms with van der Waals surface area (Å²) in [6.07, 6.45) is -4.26. The summed E-state index contributed by atoms with van der Waals surface area (Å²) >= 11 is 0. The second-order valence-electron chi connectivity index (χ2n) is 9.63. The molecule has 4 rings (SSSR count). The SMILES string of the molecule is CC(=O)N1CCN(C(=O)Cc2ccc(N(Cc3ccc(C(F)(F)F)cc3)C(=O)c3ccccc3C)cc2)CC1. The van der Waals surface area contributed by atoms with Crippen molar-refractivity contribution in [3.8, 4) is 0 Å². The minimum Gasteiger partial charge on any atom is -0.339 e. The molecule has 9 heteroatoms. The summed E-state index contributed by atoms with van der Waals surface area (Å²) in [5.41, 5.74) is 2.42. The number of hydrogen-bond donors (Lipinski definition) is 0. The third-order valence-electron chi connectivity index (χ3n) is 6.92. The molecule has 1 aliphatic rings. The zero-order chi connectivity index (χ0) is 28.2. The number of carbonyl (C=O) groups is 3. The van der Waals surface area contributed by atoms with Gasteiger partial charge >= 0.3 is 6.18 Å². The summed E-state index contributed by atoms with van der Waals surface area (Å²) in [5, 5.41) is 0. The third kappa shape index (κ3) is 6.85. The van der Waals surface area contributed by atoms with Gasteiger partial charge in [0.15, 0.2) is 0 Å². The molecule has 0 atom stereocenters. The number of alkyl halides is 3. The van der Waals surface area contributed by atoms with Gasteiger partial charge in [0.2, 0.25) is 11.8 Å². The minimum atomic E-state index is -4.44. The Morgan fingerprint density at radius 2 is 1.36 bits per heavy atom. The highest BCUT2D eigenvalue weighted by Gasteiger charge is 2.30. The van der Waals surface area contributed by atoms with Crippen LogP contribution in [0.1, 0.15) is 39.5 Å². The summed E-state index contributed by atoms with van der Waals surface area (Å²) in [5.74, 6) is -0.317. The predicted octanol–water partition coefficient (Wildman–Crippen LogP) is 5.09. The maximum atomic E-state index is 13.6. The van der Waals surface area contributed by atoms with E-state index in [-0.39, 0.29) is 30.7 Å². The van der Waals surface area contributed by atoms with E-state index in [1.165, 1.54) is 24.0 Å². The molecular formula is C30H30F3N3O3. The Hall–Kier alpha value is -4.14. The van der Waals surface area contributed by atoms with Gasteiger partial charge in [-0.15, -0.1) is 0 Å². The van der Waals surface area contributed by atoms with Crippen molar-refractivity contribution < 1.29 is 27.6 Å². The maximum Gasteiger partial charge on any atom is 0.416 e. The summed E-state index contributed by atoms with van der Waals surface area (Å²) in [6.45, 7) is 5.42. The first-order chi connectivity index (χ1) is 18.5.